The van der Waals surface area contributed by atoms with Gasteiger partial charge >= 0.3 is 5.97 Å². The molecule has 0 aromatic heterocycles. The van der Waals surface area contributed by atoms with Crippen LogP contribution in [0.2, 0.25) is 0 Å². The second-order valence-corrected chi connectivity index (χ2v) is 8.60. The van der Waals surface area contributed by atoms with Gasteiger partial charge in [0.05, 0.1) is 25.2 Å². The number of hydrogen-bond acceptors (Lipinski definition) is 5. The van der Waals surface area contributed by atoms with Crippen molar-refractivity contribution in [2.24, 2.45) is 5.92 Å². The number of aliphatic carboxylic acids is 1. The molecule has 0 fully saturated rings. The Morgan fingerprint density at radius 3 is 2.76 bits per heavy atom. The van der Waals surface area contributed by atoms with E-state index >= 15 is 0 Å². The van der Waals surface area contributed by atoms with Gasteiger partial charge in [-0.1, -0.05) is 48.5 Å². The molecule has 4 rings (SSSR count). The van der Waals surface area contributed by atoms with Gasteiger partial charge in [-0.2, -0.15) is 5.26 Å². The Morgan fingerprint density at radius 1 is 1.21 bits per heavy atom. The lowest BCUT2D eigenvalue weighted by atomic mass is 9.83. The van der Waals surface area contributed by atoms with Gasteiger partial charge in [0.2, 0.25) is 0 Å². The molecule has 0 saturated carbocycles. The van der Waals surface area contributed by atoms with Crippen molar-refractivity contribution in [2.75, 3.05) is 25.5 Å². The molecule has 0 spiro atoms. The molecule has 1 aliphatic heterocycles. The molecule has 2 atom stereocenters. The first-order valence-corrected chi connectivity index (χ1v) is 11.5. The summed E-state index contributed by atoms with van der Waals surface area (Å²) in [6.45, 7) is 1.58. The molecule has 3 aromatic rings. The summed E-state index contributed by atoms with van der Waals surface area (Å²) in [6, 6.07) is 24.5. The third-order valence-electron chi connectivity index (χ3n) is 6.42. The molecule has 0 radical (unpaired) electrons. The highest BCUT2D eigenvalue weighted by Crippen LogP contribution is 2.34. The second kappa shape index (κ2) is 10.9. The first kappa shape index (κ1) is 23.3. The summed E-state index contributed by atoms with van der Waals surface area (Å²) in [4.78, 5) is 11.1. The maximum absolute atomic E-state index is 11.1. The maximum atomic E-state index is 11.1. The fraction of sp³-hybridized carbons (Fsp3) is 0.286. The minimum absolute atomic E-state index is 0.0569. The van der Waals surface area contributed by atoms with Crippen molar-refractivity contribution in [3.05, 3.63) is 94.5 Å². The summed E-state index contributed by atoms with van der Waals surface area (Å²) in [5.41, 5.74) is 5.85. The van der Waals surface area contributed by atoms with Crippen LogP contribution in [0.5, 0.6) is 5.75 Å². The van der Waals surface area contributed by atoms with Gasteiger partial charge in [-0.3, -0.25) is 4.79 Å². The third kappa shape index (κ3) is 5.38. The van der Waals surface area contributed by atoms with Gasteiger partial charge in [0.1, 0.15) is 5.75 Å². The number of carbonyl (C=O) groups is 1. The first-order chi connectivity index (χ1) is 16.6. The van der Waals surface area contributed by atoms with Gasteiger partial charge in [0, 0.05) is 23.8 Å². The summed E-state index contributed by atoms with van der Waals surface area (Å²) < 4.78 is 5.42. The topological polar surface area (TPSA) is 94.4 Å². The number of nitrogens with zero attached hydrogens (tertiary/aromatic N) is 1. The fourth-order valence-corrected chi connectivity index (χ4v) is 4.73. The predicted molar refractivity (Wildman–Crippen MR) is 132 cm³/mol. The van der Waals surface area contributed by atoms with Crippen molar-refractivity contribution < 1.29 is 14.6 Å². The van der Waals surface area contributed by atoms with Gasteiger partial charge in [0.15, 0.2) is 0 Å². The zero-order valence-corrected chi connectivity index (χ0v) is 19.3. The molecule has 174 valence electrons. The highest BCUT2D eigenvalue weighted by molar-refractivity contribution is 5.71. The fourth-order valence-electron chi connectivity index (χ4n) is 4.73. The minimum Gasteiger partial charge on any atom is -0.496 e. The summed E-state index contributed by atoms with van der Waals surface area (Å²) in [7, 11) is 1.57. The molecule has 0 bridgehead atoms. The third-order valence-corrected chi connectivity index (χ3v) is 6.42. The van der Waals surface area contributed by atoms with E-state index in [1.54, 1.807) is 7.11 Å². The molecule has 0 unspecified atom stereocenters. The molecule has 6 heteroatoms. The van der Waals surface area contributed by atoms with Crippen LogP contribution in [0.1, 0.15) is 33.9 Å². The van der Waals surface area contributed by atoms with Gasteiger partial charge < -0.3 is 20.5 Å². The van der Waals surface area contributed by atoms with E-state index in [1.165, 1.54) is 5.56 Å². The number of benzene rings is 3. The number of methoxy groups -OCH3 is 1. The molecule has 6 nitrogen and oxygen atoms in total. The van der Waals surface area contributed by atoms with Crippen LogP contribution < -0.4 is 15.4 Å². The summed E-state index contributed by atoms with van der Waals surface area (Å²) in [5, 5.41) is 25.9. The lowest BCUT2D eigenvalue weighted by Crippen LogP contribution is -2.37. The predicted octanol–water partition coefficient (Wildman–Crippen LogP) is 4.35. The monoisotopic (exact) mass is 455 g/mol. The van der Waals surface area contributed by atoms with Crippen LogP contribution in [-0.2, 0) is 24.1 Å². The van der Waals surface area contributed by atoms with Gasteiger partial charge in [-0.15, -0.1) is 0 Å². The van der Waals surface area contributed by atoms with E-state index < -0.39 is 5.97 Å². The van der Waals surface area contributed by atoms with Crippen molar-refractivity contribution in [3.8, 4) is 11.8 Å². The lowest BCUT2D eigenvalue weighted by Gasteiger charge is -2.34. The summed E-state index contributed by atoms with van der Waals surface area (Å²) in [6.07, 6.45) is 1.56. The Labute approximate surface area is 200 Å². The Bertz CT molecular complexity index is 1190. The van der Waals surface area contributed by atoms with Crippen molar-refractivity contribution in [1.82, 2.24) is 5.32 Å². The molecule has 0 saturated heterocycles. The van der Waals surface area contributed by atoms with Crippen molar-refractivity contribution in [2.45, 2.75) is 25.3 Å². The second-order valence-electron chi connectivity index (χ2n) is 8.60. The largest absolute Gasteiger partial charge is 0.496 e. The van der Waals surface area contributed by atoms with Crippen LogP contribution in [0.15, 0.2) is 66.7 Å². The van der Waals surface area contributed by atoms with E-state index in [4.69, 9.17) is 9.84 Å². The summed E-state index contributed by atoms with van der Waals surface area (Å²) in [5.74, 6) is 0.0224. The van der Waals surface area contributed by atoms with Crippen LogP contribution in [-0.4, -0.2) is 31.3 Å². The number of carboxylic acids is 1. The molecule has 1 aliphatic rings. The number of rotatable bonds is 9. The van der Waals surface area contributed by atoms with Crippen LogP contribution >= 0.6 is 0 Å². The number of nitriles is 1. The van der Waals surface area contributed by atoms with Crippen molar-refractivity contribution in [3.63, 3.8) is 0 Å². The van der Waals surface area contributed by atoms with E-state index in [-0.39, 0.29) is 18.4 Å². The number of anilines is 1. The molecule has 3 N–H and O–H groups in total. The van der Waals surface area contributed by atoms with Crippen molar-refractivity contribution >= 4 is 11.7 Å². The van der Waals surface area contributed by atoms with Crippen LogP contribution in [0.25, 0.3) is 0 Å². The van der Waals surface area contributed by atoms with Crippen LogP contribution in [0.4, 0.5) is 5.69 Å². The van der Waals surface area contributed by atoms with Gasteiger partial charge in [0.25, 0.3) is 0 Å². The lowest BCUT2D eigenvalue weighted by molar-refractivity contribution is -0.136. The number of carboxylic acid groups (broad SMARTS) is 1. The van der Waals surface area contributed by atoms with Crippen LogP contribution in [0, 0.1) is 17.2 Å². The molecule has 1 heterocycles. The molecule has 34 heavy (non-hydrogen) atoms. The Hall–Kier alpha value is -3.82. The van der Waals surface area contributed by atoms with Gasteiger partial charge in [-0.25, -0.2) is 0 Å². The Kier molecular flexibility index (Phi) is 7.46. The zero-order valence-electron chi connectivity index (χ0n) is 19.3. The highest BCUT2D eigenvalue weighted by Gasteiger charge is 2.28. The molecular formula is C28H29N3O3. The molecule has 3 aromatic carbocycles. The quantitative estimate of drug-likeness (QED) is 0.444. The smallest absolute Gasteiger partial charge is 0.307 e. The van der Waals surface area contributed by atoms with E-state index in [0.717, 1.165) is 48.3 Å². The van der Waals surface area contributed by atoms with E-state index in [1.807, 2.05) is 42.5 Å². The van der Waals surface area contributed by atoms with Crippen molar-refractivity contribution in [1.29, 1.82) is 5.26 Å². The van der Waals surface area contributed by atoms with E-state index in [0.29, 0.717) is 11.3 Å². The Morgan fingerprint density at radius 2 is 2.03 bits per heavy atom. The maximum Gasteiger partial charge on any atom is 0.307 e. The summed E-state index contributed by atoms with van der Waals surface area (Å²) >= 11 is 0. The van der Waals surface area contributed by atoms with E-state index in [9.17, 15) is 10.1 Å². The molecule has 0 amide bonds. The van der Waals surface area contributed by atoms with Gasteiger partial charge in [-0.05, 0) is 60.2 Å². The number of ether oxygens (including phenoxy) is 1. The van der Waals surface area contributed by atoms with Crippen LogP contribution in [0.3, 0.4) is 0 Å². The first-order valence-electron chi connectivity index (χ1n) is 11.5. The number of nitrogens with one attached hydrogen (secondary N) is 2. The average molecular weight is 456 g/mol. The SMILES string of the molecule is COc1cc(CCN[C@H](c2ccccc2)[C@H]2CNc3cccc(C#N)c3C2)ccc1CC(=O)O. The normalized spacial score (nSPS) is 15.5. The van der Waals surface area contributed by atoms with E-state index in [2.05, 4.69) is 41.0 Å². The average Bonchev–Trinajstić information content (AvgIpc) is 2.87. The zero-order chi connectivity index (χ0) is 23.9. The standard InChI is InChI=1S/C28H29N3O3/c1-34-26-14-19(10-11-21(26)16-27(32)33)12-13-30-28(20-6-3-2-4-7-20)23-15-24-22(17-29)8-5-9-25(24)31-18-23/h2-11,14,23,28,30-31H,12-13,15-16,18H2,1H3,(H,32,33)/t23-,28-/m1/s1. The number of hydrogen-bond donors (Lipinski definition) is 3. The minimum atomic E-state index is -0.874. The Balaban J connectivity index is 1.49. The highest BCUT2D eigenvalue weighted by atomic mass is 16.5. The molecular weight excluding hydrogens is 426 g/mol. The number of fused-ring (bicyclic) bond motifs is 1. The molecule has 0 aliphatic carbocycles.